The van der Waals surface area contributed by atoms with Gasteiger partial charge in [-0.1, -0.05) is 48.5 Å². The minimum absolute atomic E-state index is 0.0400. The summed E-state index contributed by atoms with van der Waals surface area (Å²) in [5, 5.41) is 19.5. The number of nitrogens with zero attached hydrogens (tertiary/aromatic N) is 6. The smallest absolute Gasteiger partial charge is 0.263 e. The lowest BCUT2D eigenvalue weighted by molar-refractivity contribution is -0.189. The molecule has 0 atom stereocenters. The van der Waals surface area contributed by atoms with Crippen LogP contribution in [0.5, 0.6) is 23.0 Å². The molecule has 2 saturated heterocycles. The third kappa shape index (κ3) is 13.4. The van der Waals surface area contributed by atoms with E-state index in [9.17, 15) is 26.7 Å². The van der Waals surface area contributed by atoms with Crippen LogP contribution in [0.25, 0.3) is 0 Å². The summed E-state index contributed by atoms with van der Waals surface area (Å²) in [5.74, 6) is 3.03. The topological polar surface area (TPSA) is 203 Å². The molecule has 0 radical (unpaired) electrons. The molecule has 20 heteroatoms. The van der Waals surface area contributed by atoms with Gasteiger partial charge in [-0.2, -0.15) is 18.8 Å². The number of methoxy groups -OCH3 is 4. The molecule has 0 saturated carbocycles. The number of aliphatic hydroxyl groups is 1. The monoisotopic (exact) mass is 1000 g/mol. The number of rotatable bonds is 19. The standard InChI is InChI=1S/C25H31N3O6S.C22H27N3O4S.C3H4O2/c1-18(2)28-23(25(29)16-34-17-25)13-24(26-28)35(30,31)27(14-19-5-9-21(32-3)10-6-19)15-20-7-11-22(33-4)12-8-20;1-17(2)25-14-13-22(23-25)30(26,27)24(15-18-5-9-20(28-3)10-6-18)16-19-7-11-21(29-4)12-8-19;4-3-1-5-2-3/h5-13,18,29H,14-17H2,1-4H3;5-14,17H,15-16H2,1-4H3;1-2H2. The Morgan fingerprint density at radius 3 is 1.19 bits per heavy atom. The third-order valence-electron chi connectivity index (χ3n) is 11.3. The number of hydrogen-bond acceptors (Lipinski definition) is 14. The minimum atomic E-state index is -4.02. The maximum Gasteiger partial charge on any atom is 0.263 e. The van der Waals surface area contributed by atoms with Gasteiger partial charge in [0.05, 0.1) is 47.3 Å². The lowest BCUT2D eigenvalue weighted by Crippen LogP contribution is -2.48. The maximum absolute atomic E-state index is 13.9. The summed E-state index contributed by atoms with van der Waals surface area (Å²) in [4.78, 5) is 9.77. The molecule has 8 rings (SSSR count). The second-order valence-electron chi connectivity index (χ2n) is 17.1. The highest BCUT2D eigenvalue weighted by Gasteiger charge is 2.43. The van der Waals surface area contributed by atoms with Gasteiger partial charge in [0.2, 0.25) is 0 Å². The molecule has 0 aliphatic carbocycles. The Bertz CT molecular complexity index is 2740. The fourth-order valence-electron chi connectivity index (χ4n) is 7.07. The highest BCUT2D eigenvalue weighted by Crippen LogP contribution is 2.34. The van der Waals surface area contributed by atoms with Crippen molar-refractivity contribution in [1.29, 1.82) is 0 Å². The third-order valence-corrected chi connectivity index (χ3v) is 14.6. The van der Waals surface area contributed by atoms with Gasteiger partial charge in [0.1, 0.15) is 36.2 Å². The van der Waals surface area contributed by atoms with Gasteiger partial charge >= 0.3 is 0 Å². The van der Waals surface area contributed by atoms with Crippen LogP contribution in [0.2, 0.25) is 0 Å². The van der Waals surface area contributed by atoms with Crippen LogP contribution in [0.3, 0.4) is 0 Å². The van der Waals surface area contributed by atoms with E-state index < -0.39 is 25.6 Å². The van der Waals surface area contributed by atoms with Crippen LogP contribution in [0.4, 0.5) is 0 Å². The Morgan fingerprint density at radius 1 is 0.571 bits per heavy atom. The highest BCUT2D eigenvalue weighted by molar-refractivity contribution is 7.89. The van der Waals surface area contributed by atoms with Crippen molar-refractivity contribution in [2.45, 2.75) is 81.6 Å². The molecule has 18 nitrogen and oxygen atoms in total. The average molecular weight is 1000 g/mol. The second-order valence-corrected chi connectivity index (χ2v) is 20.9. The maximum atomic E-state index is 13.9. The molecule has 0 spiro atoms. The first kappa shape index (κ1) is 53.2. The Labute approximate surface area is 410 Å². The summed E-state index contributed by atoms with van der Waals surface area (Å²) in [6.45, 7) is 9.29. The molecule has 1 N–H and O–H groups in total. The number of sulfonamides is 2. The van der Waals surface area contributed by atoms with Crippen LogP contribution in [0.1, 0.15) is 67.7 Å². The zero-order valence-corrected chi connectivity index (χ0v) is 42.4. The van der Waals surface area contributed by atoms with Crippen LogP contribution in [0, 0.1) is 0 Å². The summed E-state index contributed by atoms with van der Waals surface area (Å²) in [7, 11) is -1.46. The quantitative estimate of drug-likeness (QED) is 0.0915. The number of ether oxygens (including phenoxy) is 6. The number of hydrogen-bond donors (Lipinski definition) is 1. The van der Waals surface area contributed by atoms with E-state index in [1.54, 1.807) is 74.3 Å². The van der Waals surface area contributed by atoms with Crippen molar-refractivity contribution in [1.82, 2.24) is 28.2 Å². The summed E-state index contributed by atoms with van der Waals surface area (Å²) in [6.07, 6.45) is 1.69. The molecule has 6 aromatic rings. The van der Waals surface area contributed by atoms with Gasteiger partial charge in [0.15, 0.2) is 21.4 Å². The van der Waals surface area contributed by atoms with Crippen LogP contribution in [-0.2, 0) is 66.1 Å². The minimum Gasteiger partial charge on any atom is -0.497 e. The van der Waals surface area contributed by atoms with Gasteiger partial charge in [-0.15, -0.1) is 0 Å². The van der Waals surface area contributed by atoms with Crippen molar-refractivity contribution in [2.75, 3.05) is 54.9 Å². The second kappa shape index (κ2) is 23.7. The fourth-order valence-corrected chi connectivity index (χ4v) is 9.76. The van der Waals surface area contributed by atoms with Gasteiger partial charge < -0.3 is 33.5 Å². The van der Waals surface area contributed by atoms with Gasteiger partial charge in [-0.3, -0.25) is 14.2 Å². The molecule has 0 amide bonds. The zero-order valence-electron chi connectivity index (χ0n) is 40.7. The van der Waals surface area contributed by atoms with Gasteiger partial charge in [0.25, 0.3) is 20.0 Å². The van der Waals surface area contributed by atoms with Crippen molar-refractivity contribution in [2.24, 2.45) is 0 Å². The first-order valence-electron chi connectivity index (χ1n) is 22.5. The first-order chi connectivity index (χ1) is 33.4. The first-order valence-corrected chi connectivity index (χ1v) is 25.3. The lowest BCUT2D eigenvalue weighted by Gasteiger charge is -2.36. The van der Waals surface area contributed by atoms with E-state index >= 15 is 0 Å². The normalized spacial score (nSPS) is 14.3. The number of aromatic nitrogens is 4. The molecule has 70 heavy (non-hydrogen) atoms. The number of carbonyl (C=O) groups excluding carboxylic acids is 1. The predicted octanol–water partition coefficient (Wildman–Crippen LogP) is 6.55. The van der Waals surface area contributed by atoms with Gasteiger partial charge in [-0.05, 0) is 105 Å². The molecule has 4 heterocycles. The largest absolute Gasteiger partial charge is 0.497 e. The van der Waals surface area contributed by atoms with Crippen LogP contribution < -0.4 is 18.9 Å². The molecule has 2 aliphatic rings. The summed E-state index contributed by atoms with van der Waals surface area (Å²) in [5.41, 5.74) is 2.51. The van der Waals surface area contributed by atoms with Crippen molar-refractivity contribution >= 4 is 25.8 Å². The zero-order chi connectivity index (χ0) is 50.6. The average Bonchev–Trinajstić information content (AvgIpc) is 4.05. The molecule has 2 aromatic heterocycles. The Morgan fingerprint density at radius 2 is 0.929 bits per heavy atom. The van der Waals surface area contributed by atoms with Crippen molar-refractivity contribution in [3.05, 3.63) is 143 Å². The Kier molecular flexibility index (Phi) is 18.0. The number of carbonyl (C=O) groups is 1. The van der Waals surface area contributed by atoms with E-state index in [1.165, 1.54) is 14.7 Å². The summed E-state index contributed by atoms with van der Waals surface area (Å²) in [6, 6.07) is 32.2. The van der Waals surface area contributed by atoms with E-state index in [0.29, 0.717) is 30.4 Å². The van der Waals surface area contributed by atoms with Crippen molar-refractivity contribution in [3.63, 3.8) is 0 Å². The predicted molar refractivity (Wildman–Crippen MR) is 261 cm³/mol. The molecule has 0 unspecified atom stereocenters. The van der Waals surface area contributed by atoms with Crippen molar-refractivity contribution in [3.8, 4) is 23.0 Å². The van der Waals surface area contributed by atoms with Gasteiger partial charge in [0, 0.05) is 50.5 Å². The lowest BCUT2D eigenvalue weighted by atomic mass is 9.97. The van der Waals surface area contributed by atoms with Gasteiger partial charge in [-0.25, -0.2) is 16.8 Å². The summed E-state index contributed by atoms with van der Waals surface area (Å²) >= 11 is 0. The highest BCUT2D eigenvalue weighted by atomic mass is 32.2. The molecule has 4 aromatic carbocycles. The molecular formula is C50H62N6O12S2. The number of Topliss-reactive ketones (excluding diaryl/α,β-unsaturated/α-hetero) is 1. The van der Waals surface area contributed by atoms with E-state index in [0.717, 1.165) is 33.8 Å². The molecule has 376 valence electrons. The van der Waals surface area contributed by atoms with E-state index in [-0.39, 0.29) is 67.3 Å². The molecule has 2 aliphatic heterocycles. The molecule has 0 bridgehead atoms. The fraction of sp³-hybridized carbons (Fsp3) is 0.380. The SMILES string of the molecule is COc1ccc(CN(Cc2ccc(OC)cc2)S(=O)(=O)c2cc(C3(O)COC3)n(C(C)C)n2)cc1.COc1ccc(CN(Cc2ccc(OC)cc2)S(=O)(=O)c2ccn(C(C)C)n2)cc1.O=C1COC1. The number of ketones is 1. The van der Waals surface area contributed by atoms with E-state index in [2.05, 4.69) is 14.9 Å². The Balaban J connectivity index is 0.000000210. The summed E-state index contributed by atoms with van der Waals surface area (Å²) < 4.78 is 91.2. The van der Waals surface area contributed by atoms with Crippen LogP contribution in [-0.4, -0.2) is 111 Å². The molecule has 2 fully saturated rings. The van der Waals surface area contributed by atoms with E-state index in [1.807, 2.05) is 100 Å². The number of benzene rings is 4. The molecular weight excluding hydrogens is 941 g/mol. The van der Waals surface area contributed by atoms with Crippen molar-refractivity contribution < 1.29 is 55.2 Å². The van der Waals surface area contributed by atoms with Crippen LogP contribution >= 0.6 is 0 Å². The van der Waals surface area contributed by atoms with E-state index in [4.69, 9.17) is 23.7 Å². The van der Waals surface area contributed by atoms with Crippen LogP contribution in [0.15, 0.2) is 125 Å². The Hall–Kier alpha value is -6.13.